The van der Waals surface area contributed by atoms with E-state index in [9.17, 15) is 9.59 Å². The van der Waals surface area contributed by atoms with Crippen molar-refractivity contribution in [2.45, 2.75) is 105 Å². The summed E-state index contributed by atoms with van der Waals surface area (Å²) >= 11 is 0. The van der Waals surface area contributed by atoms with E-state index >= 15 is 0 Å². The second kappa shape index (κ2) is 13.3. The second-order valence-electron chi connectivity index (χ2n) is 10.2. The van der Waals surface area contributed by atoms with Gasteiger partial charge >= 0.3 is 11.9 Å². The summed E-state index contributed by atoms with van der Waals surface area (Å²) in [5, 5.41) is 0. The maximum Gasteiger partial charge on any atom is 0.310 e. The van der Waals surface area contributed by atoms with Crippen molar-refractivity contribution < 1.29 is 19.1 Å². The summed E-state index contributed by atoms with van der Waals surface area (Å²) < 4.78 is 11.3. The largest absolute Gasteiger partial charge is 0.465 e. The van der Waals surface area contributed by atoms with Crippen LogP contribution in [0.5, 0.6) is 0 Å². The fourth-order valence-electron chi connectivity index (χ4n) is 5.46. The zero-order valence-electron chi connectivity index (χ0n) is 20.5. The standard InChI is InChI=1S/C27H46O4/c1-5-7-9-11-13-15-19-30-25(28)23-21-17-18-22(27(21,3)4)24(23)26(29)31-20-16-14-12-10-8-6-2/h17-18,21-24H,5-16,19-20H2,1-4H3. The van der Waals surface area contributed by atoms with E-state index < -0.39 is 11.8 Å². The molecule has 0 heterocycles. The van der Waals surface area contributed by atoms with E-state index in [4.69, 9.17) is 9.47 Å². The van der Waals surface area contributed by atoms with E-state index in [0.717, 1.165) is 25.7 Å². The lowest BCUT2D eigenvalue weighted by Gasteiger charge is -2.25. The van der Waals surface area contributed by atoms with Crippen LogP contribution < -0.4 is 0 Å². The number of esters is 2. The van der Waals surface area contributed by atoms with Gasteiger partial charge in [0.2, 0.25) is 0 Å². The van der Waals surface area contributed by atoms with E-state index in [1.807, 2.05) is 0 Å². The average molecular weight is 435 g/mol. The summed E-state index contributed by atoms with van der Waals surface area (Å²) in [5.41, 5.74) is -0.103. The van der Waals surface area contributed by atoms with Crippen molar-refractivity contribution in [2.24, 2.45) is 29.1 Å². The zero-order valence-corrected chi connectivity index (χ0v) is 20.5. The lowest BCUT2D eigenvalue weighted by molar-refractivity contribution is -0.161. The first-order valence-electron chi connectivity index (χ1n) is 13.0. The van der Waals surface area contributed by atoms with Crippen LogP contribution in [0.3, 0.4) is 0 Å². The molecular weight excluding hydrogens is 388 g/mol. The van der Waals surface area contributed by atoms with Crippen LogP contribution in [0.15, 0.2) is 12.2 Å². The molecule has 0 aromatic heterocycles. The number of ether oxygens (including phenoxy) is 2. The molecule has 2 rings (SSSR count). The minimum absolute atomic E-state index is 0.0566. The lowest BCUT2D eigenvalue weighted by Crippen LogP contribution is -2.35. The number of allylic oxidation sites excluding steroid dienone is 2. The molecule has 4 atom stereocenters. The molecule has 1 fully saturated rings. The number of rotatable bonds is 16. The lowest BCUT2D eigenvalue weighted by atomic mass is 9.79. The molecule has 0 aromatic rings. The van der Waals surface area contributed by atoms with Crippen molar-refractivity contribution in [3.63, 3.8) is 0 Å². The van der Waals surface area contributed by atoms with Crippen molar-refractivity contribution in [1.29, 1.82) is 0 Å². The van der Waals surface area contributed by atoms with Crippen molar-refractivity contribution in [2.75, 3.05) is 13.2 Å². The van der Waals surface area contributed by atoms with Gasteiger partial charge in [-0.05, 0) is 30.1 Å². The number of hydrogen-bond acceptors (Lipinski definition) is 4. The Morgan fingerprint density at radius 2 is 1.00 bits per heavy atom. The van der Waals surface area contributed by atoms with Crippen LogP contribution in [0.2, 0.25) is 0 Å². The van der Waals surface area contributed by atoms with E-state index in [1.54, 1.807) is 0 Å². The van der Waals surface area contributed by atoms with Crippen LogP contribution in [0.1, 0.15) is 105 Å². The summed E-state index contributed by atoms with van der Waals surface area (Å²) in [7, 11) is 0. The molecule has 31 heavy (non-hydrogen) atoms. The first-order chi connectivity index (χ1) is 14.9. The van der Waals surface area contributed by atoms with Gasteiger partial charge in [0.15, 0.2) is 0 Å². The van der Waals surface area contributed by atoms with E-state index in [0.29, 0.717) is 13.2 Å². The van der Waals surface area contributed by atoms with Gasteiger partial charge in [-0.3, -0.25) is 9.59 Å². The predicted octanol–water partition coefficient (Wildman–Crippen LogP) is 6.87. The van der Waals surface area contributed by atoms with E-state index in [2.05, 4.69) is 39.8 Å². The Morgan fingerprint density at radius 1 is 0.645 bits per heavy atom. The summed E-state index contributed by atoms with van der Waals surface area (Å²) in [4.78, 5) is 26.0. The normalized spacial score (nSPS) is 25.7. The Kier molecular flexibility index (Phi) is 11.1. The highest BCUT2D eigenvalue weighted by Crippen LogP contribution is 2.60. The third-order valence-electron chi connectivity index (χ3n) is 7.43. The molecule has 2 bridgehead atoms. The third kappa shape index (κ3) is 7.08. The molecule has 1 saturated carbocycles. The fourth-order valence-corrected chi connectivity index (χ4v) is 5.46. The molecule has 2 aliphatic carbocycles. The molecule has 4 unspecified atom stereocenters. The quantitative estimate of drug-likeness (QED) is 0.151. The SMILES string of the molecule is CCCCCCCCOC(=O)C1C(C(=O)OCCCCCCCC)C2C=CC1C2(C)C. The van der Waals surface area contributed by atoms with Crippen LogP contribution in [0.25, 0.3) is 0 Å². The van der Waals surface area contributed by atoms with E-state index in [1.165, 1.54) is 51.4 Å². The number of carbonyl (C=O) groups excluding carboxylic acids is 2. The zero-order chi connectivity index (χ0) is 22.7. The molecule has 2 aliphatic rings. The maximum absolute atomic E-state index is 13.0. The Hall–Kier alpha value is -1.32. The van der Waals surface area contributed by atoms with Gasteiger partial charge < -0.3 is 9.47 Å². The third-order valence-corrected chi connectivity index (χ3v) is 7.43. The predicted molar refractivity (Wildman–Crippen MR) is 126 cm³/mol. The highest BCUT2D eigenvalue weighted by molar-refractivity contribution is 5.85. The molecule has 178 valence electrons. The minimum Gasteiger partial charge on any atom is -0.465 e. The molecule has 0 spiro atoms. The van der Waals surface area contributed by atoms with Gasteiger partial charge in [0.05, 0.1) is 25.0 Å². The van der Waals surface area contributed by atoms with Gasteiger partial charge in [-0.1, -0.05) is 104 Å². The second-order valence-corrected chi connectivity index (χ2v) is 10.2. The monoisotopic (exact) mass is 434 g/mol. The maximum atomic E-state index is 13.0. The van der Waals surface area contributed by atoms with Gasteiger partial charge in [0.1, 0.15) is 0 Å². The average Bonchev–Trinajstić information content (AvgIpc) is 3.17. The van der Waals surface area contributed by atoms with Gasteiger partial charge in [0.25, 0.3) is 0 Å². The van der Waals surface area contributed by atoms with Gasteiger partial charge in [-0.25, -0.2) is 0 Å². The highest BCUT2D eigenvalue weighted by Gasteiger charge is 2.62. The van der Waals surface area contributed by atoms with Crippen LogP contribution in [0.4, 0.5) is 0 Å². The molecule has 0 saturated heterocycles. The van der Waals surface area contributed by atoms with Gasteiger partial charge in [0, 0.05) is 0 Å². The first kappa shape index (κ1) is 25.9. The van der Waals surface area contributed by atoms with Crippen molar-refractivity contribution in [1.82, 2.24) is 0 Å². The highest BCUT2D eigenvalue weighted by atomic mass is 16.5. The molecule has 0 aromatic carbocycles. The van der Waals surface area contributed by atoms with Crippen molar-refractivity contribution >= 4 is 11.9 Å². The molecule has 0 amide bonds. The van der Waals surface area contributed by atoms with Crippen LogP contribution >= 0.6 is 0 Å². The Labute approximate surface area is 190 Å². The Morgan fingerprint density at radius 3 is 1.39 bits per heavy atom. The Bertz CT molecular complexity index is 532. The topological polar surface area (TPSA) is 52.6 Å². The van der Waals surface area contributed by atoms with Gasteiger partial charge in [-0.2, -0.15) is 0 Å². The summed E-state index contributed by atoms with van der Waals surface area (Å²) in [6, 6.07) is 0. The fraction of sp³-hybridized carbons (Fsp3) is 0.852. The molecule has 0 radical (unpaired) electrons. The molecule has 4 nitrogen and oxygen atoms in total. The Balaban J connectivity index is 1.82. The minimum atomic E-state index is -0.401. The van der Waals surface area contributed by atoms with Gasteiger partial charge in [-0.15, -0.1) is 0 Å². The van der Waals surface area contributed by atoms with Crippen molar-refractivity contribution in [3.8, 4) is 0 Å². The first-order valence-corrected chi connectivity index (χ1v) is 13.0. The van der Waals surface area contributed by atoms with Crippen LogP contribution in [0, 0.1) is 29.1 Å². The molecule has 4 heteroatoms. The number of hydrogen-bond donors (Lipinski definition) is 0. The van der Waals surface area contributed by atoms with Crippen molar-refractivity contribution in [3.05, 3.63) is 12.2 Å². The van der Waals surface area contributed by atoms with Crippen LogP contribution in [-0.4, -0.2) is 25.2 Å². The smallest absolute Gasteiger partial charge is 0.310 e. The summed E-state index contributed by atoms with van der Waals surface area (Å²) in [6.45, 7) is 9.67. The molecular formula is C27H46O4. The summed E-state index contributed by atoms with van der Waals surface area (Å²) in [5.74, 6) is -1.11. The number of unbranched alkanes of at least 4 members (excludes halogenated alkanes) is 10. The number of fused-ring (bicyclic) bond motifs is 2. The number of carbonyl (C=O) groups is 2. The summed E-state index contributed by atoms with van der Waals surface area (Å²) in [6.07, 6.45) is 18.2. The van der Waals surface area contributed by atoms with E-state index in [-0.39, 0.29) is 29.2 Å². The molecule has 0 aliphatic heterocycles. The van der Waals surface area contributed by atoms with Crippen LogP contribution in [-0.2, 0) is 19.1 Å². The molecule has 0 N–H and O–H groups in total.